The molecule has 0 saturated heterocycles. The summed E-state index contributed by atoms with van der Waals surface area (Å²) in [6, 6.07) is 13.4. The van der Waals surface area contributed by atoms with Gasteiger partial charge in [-0.25, -0.2) is 18.1 Å². The summed E-state index contributed by atoms with van der Waals surface area (Å²) in [4.78, 5) is 18.2. The molecule has 0 fully saturated rings. The highest BCUT2D eigenvalue weighted by Crippen LogP contribution is 2.28. The van der Waals surface area contributed by atoms with Crippen molar-refractivity contribution in [3.8, 4) is 11.3 Å². The van der Waals surface area contributed by atoms with Crippen molar-refractivity contribution in [1.29, 1.82) is 0 Å². The number of nitrogens with zero attached hydrogens (tertiary/aromatic N) is 1. The van der Waals surface area contributed by atoms with Gasteiger partial charge in [0.05, 0.1) is 22.0 Å². The molecule has 0 bridgehead atoms. The number of hydrogen-bond acceptors (Lipinski definition) is 5. The van der Waals surface area contributed by atoms with Gasteiger partial charge in [-0.15, -0.1) is 11.3 Å². The summed E-state index contributed by atoms with van der Waals surface area (Å²) < 4.78 is 27.6. The SMILES string of the molecule is Cc1ccc(-c2nc(C)sc2CC(=O)NCCNS(=O)(=O)c2cc(C)ccc2C)cc1. The van der Waals surface area contributed by atoms with E-state index in [4.69, 9.17) is 0 Å². The van der Waals surface area contributed by atoms with Crippen LogP contribution in [-0.2, 0) is 21.2 Å². The number of amides is 1. The summed E-state index contributed by atoms with van der Waals surface area (Å²) in [6.07, 6.45) is 0.207. The van der Waals surface area contributed by atoms with E-state index in [1.807, 2.05) is 51.1 Å². The van der Waals surface area contributed by atoms with Gasteiger partial charge in [-0.1, -0.05) is 42.0 Å². The number of nitrogens with one attached hydrogen (secondary N) is 2. The summed E-state index contributed by atoms with van der Waals surface area (Å²) in [5.74, 6) is -0.164. The summed E-state index contributed by atoms with van der Waals surface area (Å²) in [5.41, 5.74) is 4.54. The molecule has 0 unspecified atom stereocenters. The molecule has 6 nitrogen and oxygen atoms in total. The van der Waals surface area contributed by atoms with Gasteiger partial charge in [0.15, 0.2) is 0 Å². The van der Waals surface area contributed by atoms with E-state index in [2.05, 4.69) is 15.0 Å². The Labute approximate surface area is 187 Å². The molecule has 2 aromatic carbocycles. The van der Waals surface area contributed by atoms with Crippen LogP contribution in [0.5, 0.6) is 0 Å². The van der Waals surface area contributed by atoms with Crippen LogP contribution in [0, 0.1) is 27.7 Å². The van der Waals surface area contributed by atoms with E-state index in [0.29, 0.717) is 5.56 Å². The Bertz CT molecular complexity index is 1180. The average Bonchev–Trinajstić information content (AvgIpc) is 3.07. The van der Waals surface area contributed by atoms with Crippen LogP contribution in [0.3, 0.4) is 0 Å². The van der Waals surface area contributed by atoms with Crippen molar-refractivity contribution in [3.05, 3.63) is 69.0 Å². The van der Waals surface area contributed by atoms with E-state index in [0.717, 1.165) is 26.7 Å². The zero-order valence-corrected chi connectivity index (χ0v) is 19.8. The first-order chi connectivity index (χ1) is 14.7. The van der Waals surface area contributed by atoms with Crippen LogP contribution in [-0.4, -0.2) is 32.4 Å². The van der Waals surface area contributed by atoms with Gasteiger partial charge in [0.1, 0.15) is 0 Å². The monoisotopic (exact) mass is 457 g/mol. The lowest BCUT2D eigenvalue weighted by molar-refractivity contribution is -0.120. The number of carbonyl (C=O) groups is 1. The fourth-order valence-electron chi connectivity index (χ4n) is 3.20. The third-order valence-corrected chi connectivity index (χ3v) is 7.40. The molecular formula is C23H27N3O3S2. The highest BCUT2D eigenvalue weighted by molar-refractivity contribution is 7.89. The Morgan fingerprint density at radius 1 is 0.968 bits per heavy atom. The predicted octanol–water partition coefficient (Wildman–Crippen LogP) is 3.68. The number of aromatic nitrogens is 1. The van der Waals surface area contributed by atoms with Crippen molar-refractivity contribution in [2.45, 2.75) is 39.0 Å². The molecule has 164 valence electrons. The zero-order valence-electron chi connectivity index (χ0n) is 18.2. The van der Waals surface area contributed by atoms with Gasteiger partial charge in [0.2, 0.25) is 15.9 Å². The van der Waals surface area contributed by atoms with Gasteiger partial charge in [0, 0.05) is 23.5 Å². The molecule has 2 N–H and O–H groups in total. The number of thiazole rings is 1. The molecule has 3 rings (SSSR count). The normalized spacial score (nSPS) is 11.5. The molecule has 1 aromatic heterocycles. The maximum Gasteiger partial charge on any atom is 0.240 e. The number of carbonyl (C=O) groups excluding carboxylic acids is 1. The topological polar surface area (TPSA) is 88.2 Å². The van der Waals surface area contributed by atoms with Crippen molar-refractivity contribution in [2.75, 3.05) is 13.1 Å². The molecule has 0 aliphatic carbocycles. The van der Waals surface area contributed by atoms with Crippen LogP contribution >= 0.6 is 11.3 Å². The Balaban J connectivity index is 1.57. The van der Waals surface area contributed by atoms with Gasteiger partial charge in [-0.2, -0.15) is 0 Å². The van der Waals surface area contributed by atoms with Crippen molar-refractivity contribution in [3.63, 3.8) is 0 Å². The molecular weight excluding hydrogens is 430 g/mol. The second-order valence-electron chi connectivity index (χ2n) is 7.56. The maximum absolute atomic E-state index is 12.5. The number of benzene rings is 2. The summed E-state index contributed by atoms with van der Waals surface area (Å²) in [5, 5.41) is 3.69. The third-order valence-electron chi connectivity index (χ3n) is 4.82. The molecule has 0 aliphatic heterocycles. The van der Waals surface area contributed by atoms with Gasteiger partial charge in [-0.05, 0) is 44.9 Å². The van der Waals surface area contributed by atoms with Crippen LogP contribution in [0.2, 0.25) is 0 Å². The van der Waals surface area contributed by atoms with Gasteiger partial charge >= 0.3 is 0 Å². The Hall–Kier alpha value is -2.55. The van der Waals surface area contributed by atoms with Crippen LogP contribution < -0.4 is 10.0 Å². The lowest BCUT2D eigenvalue weighted by Crippen LogP contribution is -2.35. The van der Waals surface area contributed by atoms with Crippen LogP contribution in [0.15, 0.2) is 47.4 Å². The Morgan fingerprint density at radius 2 is 1.65 bits per heavy atom. The van der Waals surface area contributed by atoms with E-state index in [1.54, 1.807) is 19.1 Å². The lowest BCUT2D eigenvalue weighted by atomic mass is 10.1. The van der Waals surface area contributed by atoms with Crippen molar-refractivity contribution in [1.82, 2.24) is 15.0 Å². The van der Waals surface area contributed by atoms with Gasteiger partial charge in [0.25, 0.3) is 0 Å². The molecule has 3 aromatic rings. The van der Waals surface area contributed by atoms with Crippen LogP contribution in [0.4, 0.5) is 0 Å². The first-order valence-corrected chi connectivity index (χ1v) is 12.3. The molecule has 0 spiro atoms. The second kappa shape index (κ2) is 9.72. The Kier molecular flexibility index (Phi) is 7.25. The molecule has 0 saturated carbocycles. The van der Waals surface area contributed by atoms with E-state index < -0.39 is 10.0 Å². The summed E-state index contributed by atoms with van der Waals surface area (Å²) in [7, 11) is -3.62. The molecule has 1 heterocycles. The summed E-state index contributed by atoms with van der Waals surface area (Å²) in [6.45, 7) is 7.89. The van der Waals surface area contributed by atoms with E-state index >= 15 is 0 Å². The quantitative estimate of drug-likeness (QED) is 0.505. The number of aryl methyl sites for hydroxylation is 4. The standard InChI is InChI=1S/C23H27N3O3S2/c1-15-6-9-19(10-7-15)23-20(30-18(4)26-23)14-22(27)24-11-12-25-31(28,29)21-13-16(2)5-8-17(21)3/h5-10,13,25H,11-12,14H2,1-4H3,(H,24,27). The smallest absolute Gasteiger partial charge is 0.240 e. The fraction of sp³-hybridized carbons (Fsp3) is 0.304. The number of rotatable bonds is 8. The van der Waals surface area contributed by atoms with Crippen LogP contribution in [0.1, 0.15) is 26.6 Å². The molecule has 31 heavy (non-hydrogen) atoms. The number of hydrogen-bond donors (Lipinski definition) is 2. The molecule has 1 amide bonds. The lowest BCUT2D eigenvalue weighted by Gasteiger charge is -2.11. The van der Waals surface area contributed by atoms with Gasteiger partial charge in [-0.3, -0.25) is 4.79 Å². The summed E-state index contributed by atoms with van der Waals surface area (Å²) >= 11 is 1.50. The predicted molar refractivity (Wildman–Crippen MR) is 125 cm³/mol. The van der Waals surface area contributed by atoms with E-state index in [9.17, 15) is 13.2 Å². The minimum Gasteiger partial charge on any atom is -0.354 e. The maximum atomic E-state index is 12.5. The minimum atomic E-state index is -3.62. The fourth-order valence-corrected chi connectivity index (χ4v) is 5.51. The zero-order chi connectivity index (χ0) is 22.6. The molecule has 0 radical (unpaired) electrons. The largest absolute Gasteiger partial charge is 0.354 e. The van der Waals surface area contributed by atoms with E-state index in [1.165, 1.54) is 16.9 Å². The number of sulfonamides is 1. The molecule has 8 heteroatoms. The van der Waals surface area contributed by atoms with Crippen molar-refractivity contribution >= 4 is 27.3 Å². The Morgan fingerprint density at radius 3 is 2.35 bits per heavy atom. The van der Waals surface area contributed by atoms with Crippen molar-refractivity contribution in [2.24, 2.45) is 0 Å². The van der Waals surface area contributed by atoms with Gasteiger partial charge < -0.3 is 5.32 Å². The highest BCUT2D eigenvalue weighted by Gasteiger charge is 2.17. The first kappa shape index (κ1) is 23.1. The first-order valence-electron chi connectivity index (χ1n) is 10.0. The van der Waals surface area contributed by atoms with Crippen LogP contribution in [0.25, 0.3) is 11.3 Å². The highest BCUT2D eigenvalue weighted by atomic mass is 32.2. The molecule has 0 aliphatic rings. The van der Waals surface area contributed by atoms with Crippen molar-refractivity contribution < 1.29 is 13.2 Å². The third kappa shape index (κ3) is 6.00. The second-order valence-corrected chi connectivity index (χ2v) is 10.6. The van der Waals surface area contributed by atoms with E-state index in [-0.39, 0.29) is 30.3 Å². The minimum absolute atomic E-state index is 0.119. The molecule has 0 atom stereocenters. The average molecular weight is 458 g/mol.